The van der Waals surface area contributed by atoms with Gasteiger partial charge in [0.1, 0.15) is 11.6 Å². The number of hydrogen-bond acceptors (Lipinski definition) is 6. The lowest BCUT2D eigenvalue weighted by Gasteiger charge is -2.31. The number of halogens is 2. The first-order chi connectivity index (χ1) is 23.9. The van der Waals surface area contributed by atoms with E-state index in [0.717, 1.165) is 11.1 Å². The third kappa shape index (κ3) is 7.42. The first-order valence-electron chi connectivity index (χ1n) is 17.1. The second kappa shape index (κ2) is 13.2. The molecule has 0 radical (unpaired) electrons. The summed E-state index contributed by atoms with van der Waals surface area (Å²) in [5.41, 5.74) is 0.321. The zero-order chi connectivity index (χ0) is 36.9. The summed E-state index contributed by atoms with van der Waals surface area (Å²) < 4.78 is 66.3. The maximum absolute atomic E-state index is 15.7. The lowest BCUT2D eigenvalue weighted by molar-refractivity contribution is -0.146. The van der Waals surface area contributed by atoms with Crippen molar-refractivity contribution in [3.8, 4) is 22.9 Å². The largest absolute Gasteiger partial charge is 0.481 e. The molecule has 0 spiro atoms. The Morgan fingerprint density at radius 3 is 2.57 bits per heavy atom. The fourth-order valence-corrected chi connectivity index (χ4v) is 9.20. The molecule has 12 heteroatoms. The van der Waals surface area contributed by atoms with Gasteiger partial charge in [-0.05, 0) is 87.3 Å². The smallest absolute Gasteiger partial charge is 0.309 e. The first-order valence-corrected chi connectivity index (χ1v) is 18.9. The Balaban J connectivity index is 1.50. The van der Waals surface area contributed by atoms with Gasteiger partial charge < -0.3 is 14.8 Å². The molecule has 0 aliphatic carbocycles. The summed E-state index contributed by atoms with van der Waals surface area (Å²) in [4.78, 5) is 19.9. The Hall–Kier alpha value is -4.58. The molecule has 0 fully saturated rings. The van der Waals surface area contributed by atoms with E-state index in [1.165, 1.54) is 28.9 Å². The van der Waals surface area contributed by atoms with Crippen molar-refractivity contribution in [3.05, 3.63) is 94.9 Å². The highest BCUT2D eigenvalue weighted by atomic mass is 32.2. The molecule has 2 N–H and O–H groups in total. The highest BCUT2D eigenvalue weighted by Crippen LogP contribution is 2.41. The molecule has 3 heterocycles. The molecule has 9 nitrogen and oxygen atoms in total. The number of aryl methyl sites for hydroxylation is 2. The van der Waals surface area contributed by atoms with Crippen LogP contribution in [0.4, 0.5) is 8.78 Å². The monoisotopic (exact) mass is 718 g/mol. The molecule has 5 aromatic rings. The van der Waals surface area contributed by atoms with Gasteiger partial charge in [-0.3, -0.25) is 4.79 Å². The van der Waals surface area contributed by atoms with Crippen molar-refractivity contribution in [1.82, 2.24) is 19.7 Å². The number of hydrogen-bond donors (Lipinski definition) is 2. The van der Waals surface area contributed by atoms with Gasteiger partial charge in [-0.1, -0.05) is 44.5 Å². The molecule has 0 saturated carbocycles. The Kier molecular flexibility index (Phi) is 9.37. The van der Waals surface area contributed by atoms with Gasteiger partial charge >= 0.3 is 5.97 Å². The summed E-state index contributed by atoms with van der Waals surface area (Å²) in [6.07, 6.45) is 3.71. The van der Waals surface area contributed by atoms with E-state index in [1.54, 1.807) is 33.2 Å². The van der Waals surface area contributed by atoms with Crippen LogP contribution in [0.5, 0.6) is 11.5 Å². The minimum atomic E-state index is -3.60. The lowest BCUT2D eigenvalue weighted by Crippen LogP contribution is -2.30. The van der Waals surface area contributed by atoms with Crippen molar-refractivity contribution >= 4 is 26.7 Å². The van der Waals surface area contributed by atoms with Crippen LogP contribution in [-0.4, -0.2) is 50.7 Å². The van der Waals surface area contributed by atoms with E-state index in [2.05, 4.69) is 4.98 Å². The zero-order valence-electron chi connectivity index (χ0n) is 29.8. The number of nitrogens with one attached hydrogen (secondary N) is 1. The number of carboxylic acids is 1. The predicted molar refractivity (Wildman–Crippen MR) is 193 cm³/mol. The summed E-state index contributed by atoms with van der Waals surface area (Å²) in [6, 6.07) is 14.8. The summed E-state index contributed by atoms with van der Waals surface area (Å²) in [7, 11) is -1.92. The number of H-pyrrole nitrogens is 1. The zero-order valence-corrected chi connectivity index (χ0v) is 30.6. The SMILES string of the molecule is Cn1nc2nc1-c1cc(ccc1F)Oc1c(F)cc3[nH]ccc3c1CCS(=O)(=O)CC(C)(C)CCCC2(C)c1cccc(CC(C)(C)C(=O)O)c1. The van der Waals surface area contributed by atoms with Crippen LogP contribution in [0.2, 0.25) is 0 Å². The van der Waals surface area contributed by atoms with E-state index < -0.39 is 43.7 Å². The van der Waals surface area contributed by atoms with Crippen molar-refractivity contribution in [2.24, 2.45) is 17.9 Å². The van der Waals surface area contributed by atoms with Gasteiger partial charge in [0.05, 0.1) is 27.9 Å². The second-order valence-electron chi connectivity index (χ2n) is 15.5. The van der Waals surface area contributed by atoms with Crippen molar-refractivity contribution < 1.29 is 31.8 Å². The van der Waals surface area contributed by atoms with Crippen LogP contribution in [0, 0.1) is 22.5 Å². The molecule has 1 aliphatic heterocycles. The molecule has 270 valence electrons. The maximum atomic E-state index is 15.7. The van der Waals surface area contributed by atoms with Gasteiger partial charge in [0.25, 0.3) is 0 Å². The van der Waals surface area contributed by atoms with Crippen molar-refractivity contribution in [2.75, 3.05) is 11.5 Å². The number of sulfone groups is 1. The van der Waals surface area contributed by atoms with E-state index in [0.29, 0.717) is 48.0 Å². The lowest BCUT2D eigenvalue weighted by atomic mass is 9.74. The number of rotatable bonds is 4. The van der Waals surface area contributed by atoms with Crippen LogP contribution in [0.15, 0.2) is 60.8 Å². The molecular formula is C39H44F2N4O5S. The van der Waals surface area contributed by atoms with E-state index in [4.69, 9.17) is 14.8 Å². The van der Waals surface area contributed by atoms with Crippen LogP contribution < -0.4 is 4.74 Å². The third-order valence-electron chi connectivity index (χ3n) is 10.1. The number of ether oxygens (including phenoxy) is 1. The standard InChI is InChI=1S/C39H44F2N4O5S/c1-37(2)15-8-16-39(5,25-10-7-9-24(19-25)22-38(3,4)36(46)47)35-43-34(45(6)44-35)29-20-26(11-12-30(29)40)50-33-28(14-18-51(48,49)23-37)27-13-17-42-32(27)21-31(33)41/h7,9-13,17,19-21,42H,8,14-16,18,22-23H2,1-6H3,(H,46,47). The van der Waals surface area contributed by atoms with Gasteiger partial charge in [-0.15, -0.1) is 0 Å². The average molecular weight is 719 g/mol. The predicted octanol–water partition coefficient (Wildman–Crippen LogP) is 8.16. The average Bonchev–Trinajstić information content (AvgIpc) is 3.67. The molecule has 1 unspecified atom stereocenters. The second-order valence-corrected chi connectivity index (χ2v) is 17.7. The Bertz CT molecular complexity index is 2240. The van der Waals surface area contributed by atoms with Crippen LogP contribution >= 0.6 is 0 Å². The molecule has 51 heavy (non-hydrogen) atoms. The molecule has 6 rings (SSSR count). The maximum Gasteiger partial charge on any atom is 0.309 e. The van der Waals surface area contributed by atoms with Crippen molar-refractivity contribution in [1.29, 1.82) is 0 Å². The summed E-state index contributed by atoms with van der Waals surface area (Å²) in [6.45, 7) is 9.24. The van der Waals surface area contributed by atoms with E-state index in [9.17, 15) is 18.3 Å². The molecule has 1 atom stereocenters. The van der Waals surface area contributed by atoms with Gasteiger partial charge in [0, 0.05) is 35.8 Å². The number of nitrogens with zero attached hydrogens (tertiary/aromatic N) is 3. The van der Waals surface area contributed by atoms with Crippen molar-refractivity contribution in [2.45, 2.75) is 72.1 Å². The number of carboxylic acid groups (broad SMARTS) is 1. The number of aromatic amines is 1. The topological polar surface area (TPSA) is 127 Å². The van der Waals surface area contributed by atoms with Crippen LogP contribution in [-0.2, 0) is 39.9 Å². The summed E-state index contributed by atoms with van der Waals surface area (Å²) >= 11 is 0. The summed E-state index contributed by atoms with van der Waals surface area (Å²) in [5, 5.41) is 15.2. The minimum absolute atomic E-state index is 0.0215. The van der Waals surface area contributed by atoms with Crippen molar-refractivity contribution in [3.63, 3.8) is 0 Å². The number of benzene rings is 3. The summed E-state index contributed by atoms with van der Waals surface area (Å²) in [5.74, 6) is -1.72. The van der Waals surface area contributed by atoms with Crippen LogP contribution in [0.1, 0.15) is 76.4 Å². The quantitative estimate of drug-likeness (QED) is 0.192. The van der Waals surface area contributed by atoms with Gasteiger partial charge in [-0.2, -0.15) is 5.10 Å². The fraction of sp³-hybridized carbons (Fsp3) is 0.410. The molecule has 3 aromatic carbocycles. The third-order valence-corrected chi connectivity index (χ3v) is 12.2. The van der Waals surface area contributed by atoms with Crippen LogP contribution in [0.25, 0.3) is 22.3 Å². The van der Waals surface area contributed by atoms with E-state index in [-0.39, 0.29) is 40.8 Å². The number of aliphatic carboxylic acids is 1. The normalized spacial score (nSPS) is 19.5. The Labute approximate surface area is 297 Å². The molecular weight excluding hydrogens is 675 g/mol. The number of carbonyl (C=O) groups is 1. The van der Waals surface area contributed by atoms with E-state index in [1.807, 2.05) is 45.0 Å². The first kappa shape index (κ1) is 36.2. The van der Waals surface area contributed by atoms with E-state index >= 15 is 8.78 Å². The molecule has 0 amide bonds. The highest BCUT2D eigenvalue weighted by molar-refractivity contribution is 7.91. The Morgan fingerprint density at radius 2 is 1.82 bits per heavy atom. The molecule has 1 aliphatic rings. The molecule has 0 saturated heterocycles. The van der Waals surface area contributed by atoms with Gasteiger partial charge in [0.15, 0.2) is 33.1 Å². The fourth-order valence-electron chi connectivity index (χ4n) is 7.21. The number of fused-ring (bicyclic) bond motifs is 8. The molecule has 4 bridgehead atoms. The Morgan fingerprint density at radius 1 is 1.06 bits per heavy atom. The number of aromatic nitrogens is 4. The van der Waals surface area contributed by atoms with Gasteiger partial charge in [-0.25, -0.2) is 26.9 Å². The molecule has 2 aromatic heterocycles. The highest BCUT2D eigenvalue weighted by Gasteiger charge is 2.37. The van der Waals surface area contributed by atoms with Gasteiger partial charge in [0.2, 0.25) is 0 Å². The minimum Gasteiger partial charge on any atom is -0.481 e. The van der Waals surface area contributed by atoms with Crippen LogP contribution in [0.3, 0.4) is 0 Å².